The summed E-state index contributed by atoms with van der Waals surface area (Å²) in [7, 11) is 9.71. The third-order valence-corrected chi connectivity index (χ3v) is 0. The Hall–Kier alpha value is 0.943. The minimum atomic E-state index is -0.346. The normalized spacial score (nSPS) is 5.20. The monoisotopic (exact) mass is 200 g/mol. The van der Waals surface area contributed by atoms with Crippen molar-refractivity contribution >= 4 is 19.4 Å². The van der Waals surface area contributed by atoms with E-state index in [1.54, 1.807) is 0 Å². The van der Waals surface area contributed by atoms with Crippen molar-refractivity contribution in [3.63, 3.8) is 0 Å². The standard InChI is InChI=1S/C2H4.2ClH.Ru/c1-2;;;/h1-2H2;2*1H;/q;;;+2/p-2. The Morgan fingerprint density at radius 3 is 1.20 bits per heavy atom. The van der Waals surface area contributed by atoms with Crippen LogP contribution in [0.2, 0.25) is 0 Å². The van der Waals surface area contributed by atoms with Crippen molar-refractivity contribution in [2.75, 3.05) is 0 Å². The summed E-state index contributed by atoms with van der Waals surface area (Å²) < 4.78 is 0. The van der Waals surface area contributed by atoms with Crippen molar-refractivity contribution < 1.29 is 15.1 Å². The predicted octanol–water partition coefficient (Wildman–Crippen LogP) is 2.18. The molecule has 5 heavy (non-hydrogen) atoms. The van der Waals surface area contributed by atoms with Crippen LogP contribution in [0.25, 0.3) is 0 Å². The van der Waals surface area contributed by atoms with Crippen LogP contribution in [0.3, 0.4) is 0 Å². The Kier molecular flexibility index (Phi) is 38.0. The van der Waals surface area contributed by atoms with Gasteiger partial charge in [0.15, 0.2) is 0 Å². The van der Waals surface area contributed by atoms with Crippen LogP contribution in [-0.2, 0) is 15.1 Å². The molecule has 0 aliphatic heterocycles. The molecule has 0 aliphatic rings. The zero-order valence-corrected chi connectivity index (χ0v) is 5.77. The van der Waals surface area contributed by atoms with E-state index < -0.39 is 0 Å². The summed E-state index contributed by atoms with van der Waals surface area (Å²) in [4.78, 5) is 0. The van der Waals surface area contributed by atoms with Crippen molar-refractivity contribution in [2.45, 2.75) is 0 Å². The van der Waals surface area contributed by atoms with Gasteiger partial charge in [-0.2, -0.15) is 0 Å². The van der Waals surface area contributed by atoms with Crippen LogP contribution in [0.15, 0.2) is 13.2 Å². The average Bonchev–Trinajstić information content (AvgIpc) is 1.46. The molecule has 0 amide bonds. The average molecular weight is 200 g/mol. The molecule has 0 aromatic rings. The summed E-state index contributed by atoms with van der Waals surface area (Å²) in [5, 5.41) is 0. The van der Waals surface area contributed by atoms with Gasteiger partial charge >= 0.3 is 34.5 Å². The minimum absolute atomic E-state index is 0.346. The summed E-state index contributed by atoms with van der Waals surface area (Å²) in [5.74, 6) is 0. The number of halogens is 2. The maximum atomic E-state index is 4.85. The molecule has 0 saturated carbocycles. The first-order chi connectivity index (χ1) is 2.41. The summed E-state index contributed by atoms with van der Waals surface area (Å²) in [6, 6.07) is 0. The molecule has 0 spiro atoms. The van der Waals surface area contributed by atoms with E-state index in [4.69, 9.17) is 19.4 Å². The van der Waals surface area contributed by atoms with Crippen LogP contribution in [-0.4, -0.2) is 0 Å². The molecule has 0 aromatic heterocycles. The van der Waals surface area contributed by atoms with Gasteiger partial charge in [0.25, 0.3) is 0 Å². The molecule has 0 aliphatic carbocycles. The van der Waals surface area contributed by atoms with Gasteiger partial charge in [-0.3, -0.25) is 0 Å². The quantitative estimate of drug-likeness (QED) is 0.415. The molecule has 0 saturated heterocycles. The van der Waals surface area contributed by atoms with E-state index in [-0.39, 0.29) is 15.1 Å². The van der Waals surface area contributed by atoms with Crippen molar-refractivity contribution in [1.82, 2.24) is 0 Å². The van der Waals surface area contributed by atoms with Gasteiger partial charge in [0.1, 0.15) is 0 Å². The van der Waals surface area contributed by atoms with Crippen LogP contribution >= 0.6 is 19.4 Å². The van der Waals surface area contributed by atoms with E-state index in [1.165, 1.54) is 0 Å². The molecule has 0 aromatic carbocycles. The summed E-state index contributed by atoms with van der Waals surface area (Å²) in [5.41, 5.74) is 0. The van der Waals surface area contributed by atoms with Crippen molar-refractivity contribution in [1.29, 1.82) is 0 Å². The first kappa shape index (κ1) is 9.34. The molecule has 34 valence electrons. The van der Waals surface area contributed by atoms with Crippen LogP contribution in [0.1, 0.15) is 0 Å². The van der Waals surface area contributed by atoms with E-state index in [0.29, 0.717) is 0 Å². The Morgan fingerprint density at radius 2 is 1.20 bits per heavy atom. The molecular weight excluding hydrogens is 196 g/mol. The van der Waals surface area contributed by atoms with Crippen LogP contribution in [0.4, 0.5) is 0 Å². The Bertz CT molecular complexity index is 11.6. The molecule has 0 unspecified atom stereocenters. The summed E-state index contributed by atoms with van der Waals surface area (Å²) in [6.45, 7) is 6.00. The molecule has 0 N–H and O–H groups in total. The van der Waals surface area contributed by atoms with Gasteiger partial charge in [-0.1, -0.05) is 0 Å². The zero-order valence-electron chi connectivity index (χ0n) is 2.52. The number of hydrogen-bond donors (Lipinski definition) is 0. The number of hydrogen-bond acceptors (Lipinski definition) is 0. The molecule has 3 heteroatoms. The van der Waals surface area contributed by atoms with Crippen molar-refractivity contribution in [2.24, 2.45) is 0 Å². The second-order valence-electron chi connectivity index (χ2n) is 0.0505. The Labute approximate surface area is 47.8 Å². The van der Waals surface area contributed by atoms with Crippen molar-refractivity contribution in [3.05, 3.63) is 13.2 Å². The Morgan fingerprint density at radius 1 is 1.20 bits per heavy atom. The van der Waals surface area contributed by atoms with E-state index in [9.17, 15) is 0 Å². The van der Waals surface area contributed by atoms with Crippen LogP contribution < -0.4 is 0 Å². The van der Waals surface area contributed by atoms with E-state index in [2.05, 4.69) is 13.2 Å². The molecule has 0 atom stereocenters. The fourth-order valence-corrected chi connectivity index (χ4v) is 0. The zero-order chi connectivity index (χ0) is 4.71. The molecule has 0 rings (SSSR count). The van der Waals surface area contributed by atoms with Gasteiger partial charge < -0.3 is 0 Å². The van der Waals surface area contributed by atoms with Gasteiger partial charge in [0.05, 0.1) is 0 Å². The fourth-order valence-electron chi connectivity index (χ4n) is 0. The van der Waals surface area contributed by atoms with Crippen LogP contribution in [0, 0.1) is 0 Å². The molecule has 0 nitrogen and oxygen atoms in total. The molecular formula is C2H4Cl2Ru. The third kappa shape index (κ3) is 48.1. The van der Waals surface area contributed by atoms with Gasteiger partial charge in [-0.15, -0.1) is 13.2 Å². The van der Waals surface area contributed by atoms with Gasteiger partial charge in [0.2, 0.25) is 0 Å². The van der Waals surface area contributed by atoms with Gasteiger partial charge in [-0.25, -0.2) is 0 Å². The van der Waals surface area contributed by atoms with E-state index in [0.717, 1.165) is 0 Å². The van der Waals surface area contributed by atoms with E-state index in [1.807, 2.05) is 0 Å². The first-order valence-corrected chi connectivity index (χ1v) is 5.24. The SMILES string of the molecule is C=C.[Cl][Ru][Cl]. The number of rotatable bonds is 0. The molecule has 0 bridgehead atoms. The Balaban J connectivity index is 0. The topological polar surface area (TPSA) is 0 Å². The molecule has 0 radical (unpaired) electrons. The summed E-state index contributed by atoms with van der Waals surface area (Å²) >= 11 is -0.346. The maximum absolute atomic E-state index is 4.85. The molecule has 0 fully saturated rings. The second-order valence-corrected chi connectivity index (χ2v) is 2.69. The predicted molar refractivity (Wildman–Crippen MR) is 23.0 cm³/mol. The summed E-state index contributed by atoms with van der Waals surface area (Å²) in [6.07, 6.45) is 0. The van der Waals surface area contributed by atoms with Gasteiger partial charge in [0, 0.05) is 0 Å². The first-order valence-electron chi connectivity index (χ1n) is 0.767. The van der Waals surface area contributed by atoms with Crippen molar-refractivity contribution in [3.8, 4) is 0 Å². The van der Waals surface area contributed by atoms with Crippen LogP contribution in [0.5, 0.6) is 0 Å². The molecule has 0 heterocycles. The van der Waals surface area contributed by atoms with E-state index >= 15 is 0 Å². The second kappa shape index (κ2) is 20.4. The van der Waals surface area contributed by atoms with Gasteiger partial charge in [-0.05, 0) is 0 Å². The third-order valence-electron chi connectivity index (χ3n) is 0. The fraction of sp³-hybridized carbons (Fsp3) is 0.